The molecule has 1 heterocycles. The van der Waals surface area contributed by atoms with Crippen molar-refractivity contribution in [1.82, 2.24) is 0 Å². The first-order valence-corrected chi connectivity index (χ1v) is 2.22. The molecule has 2 unspecified atom stereocenters. The summed E-state index contributed by atoms with van der Waals surface area (Å²) in [5.41, 5.74) is 0. The normalized spacial score (nSPS) is 28.4. The van der Waals surface area contributed by atoms with Crippen LogP contribution in [0.3, 0.4) is 0 Å². The molecule has 0 aromatic heterocycles. The molecule has 0 aromatic carbocycles. The van der Waals surface area contributed by atoms with Crippen molar-refractivity contribution in [2.24, 2.45) is 0 Å². The van der Waals surface area contributed by atoms with Gasteiger partial charge in [0, 0.05) is 0 Å². The van der Waals surface area contributed by atoms with Crippen LogP contribution in [-0.4, -0.2) is 29.3 Å². The predicted octanol–water partition coefficient (Wildman–Crippen LogP) is -5.41. The molecule has 0 amide bonds. The minimum absolute atomic E-state index is 0. The second kappa shape index (κ2) is 3.79. The Labute approximate surface area is 98.8 Å². The van der Waals surface area contributed by atoms with Crippen LogP contribution in [0.2, 0.25) is 0 Å². The van der Waals surface area contributed by atoms with Gasteiger partial charge in [0.15, 0.2) is 6.10 Å². The summed E-state index contributed by atoms with van der Waals surface area (Å²) in [4.78, 5) is 19.6. The Morgan fingerprint density at radius 3 is 2.00 bits per heavy atom. The summed E-state index contributed by atoms with van der Waals surface area (Å²) in [5, 5.41) is 17.8. The molecular formula is C4H3KO5. The van der Waals surface area contributed by atoms with E-state index in [9.17, 15) is 14.7 Å². The Kier molecular flexibility index (Phi) is 4.00. The Hall–Kier alpha value is 0.536. The summed E-state index contributed by atoms with van der Waals surface area (Å²) in [7, 11) is 0. The number of rotatable bonds is 2. The predicted molar refractivity (Wildman–Crippen MR) is 21.3 cm³/mol. The molecule has 1 aliphatic heterocycles. The third-order valence-corrected chi connectivity index (χ3v) is 0.967. The van der Waals surface area contributed by atoms with E-state index in [-0.39, 0.29) is 51.4 Å². The van der Waals surface area contributed by atoms with Gasteiger partial charge in [0.05, 0.1) is 5.97 Å². The molecule has 10 heavy (non-hydrogen) atoms. The van der Waals surface area contributed by atoms with Crippen molar-refractivity contribution < 1.29 is 75.9 Å². The van der Waals surface area contributed by atoms with Crippen LogP contribution in [0, 0.1) is 0 Å². The average molecular weight is 170 g/mol. The molecule has 2 atom stereocenters. The molecular weight excluding hydrogens is 167 g/mol. The third-order valence-electron chi connectivity index (χ3n) is 0.967. The molecule has 1 saturated heterocycles. The van der Waals surface area contributed by atoms with Crippen LogP contribution >= 0.6 is 0 Å². The van der Waals surface area contributed by atoms with Gasteiger partial charge in [-0.25, -0.2) is 4.79 Å². The van der Waals surface area contributed by atoms with E-state index in [1.165, 1.54) is 0 Å². The number of epoxide rings is 1. The summed E-state index contributed by atoms with van der Waals surface area (Å²) in [6.07, 6.45) is -2.42. The van der Waals surface area contributed by atoms with Gasteiger partial charge in [-0.3, -0.25) is 0 Å². The molecule has 0 bridgehead atoms. The van der Waals surface area contributed by atoms with E-state index in [1.54, 1.807) is 0 Å². The minimum Gasteiger partial charge on any atom is -0.547 e. The first kappa shape index (κ1) is 10.5. The standard InChI is InChI=1S/C4H4O5.K/c5-3(6)1-2(9-1)4(7)8;/h1-2H,(H,5,6)(H,7,8);/q;+1/p-1. The summed E-state index contributed by atoms with van der Waals surface area (Å²) < 4.78 is 4.18. The van der Waals surface area contributed by atoms with Crippen LogP contribution in [0.25, 0.3) is 0 Å². The van der Waals surface area contributed by atoms with Crippen molar-refractivity contribution >= 4 is 11.9 Å². The second-order valence-corrected chi connectivity index (χ2v) is 1.63. The fraction of sp³-hybridized carbons (Fsp3) is 0.500. The van der Waals surface area contributed by atoms with Crippen molar-refractivity contribution in [3.05, 3.63) is 0 Å². The molecule has 0 radical (unpaired) electrons. The van der Waals surface area contributed by atoms with Crippen molar-refractivity contribution in [1.29, 1.82) is 0 Å². The summed E-state index contributed by atoms with van der Waals surface area (Å²) >= 11 is 0. The molecule has 0 aliphatic carbocycles. The number of hydrogen-bond acceptors (Lipinski definition) is 4. The Bertz CT molecular complexity index is 149. The smallest absolute Gasteiger partial charge is 0.547 e. The minimum atomic E-state index is -1.47. The molecule has 0 aromatic rings. The Morgan fingerprint density at radius 1 is 1.40 bits per heavy atom. The topological polar surface area (TPSA) is 90.0 Å². The molecule has 5 nitrogen and oxygen atoms in total. The van der Waals surface area contributed by atoms with E-state index in [0.717, 1.165) is 0 Å². The number of carbonyl (C=O) groups is 2. The van der Waals surface area contributed by atoms with E-state index < -0.39 is 24.1 Å². The van der Waals surface area contributed by atoms with Gasteiger partial charge in [0.25, 0.3) is 0 Å². The number of ether oxygens (including phenoxy) is 1. The SMILES string of the molecule is O=C([O-])C1OC1C(=O)O.[K+]. The summed E-state index contributed by atoms with van der Waals surface area (Å²) in [5.74, 6) is -2.73. The fourth-order valence-corrected chi connectivity index (χ4v) is 0.479. The molecule has 50 valence electrons. The fourth-order valence-electron chi connectivity index (χ4n) is 0.479. The largest absolute Gasteiger partial charge is 1.00 e. The zero-order valence-electron chi connectivity index (χ0n) is 5.23. The van der Waals surface area contributed by atoms with Crippen LogP contribution in [0.1, 0.15) is 0 Å². The maximum atomic E-state index is 9.86. The second-order valence-electron chi connectivity index (χ2n) is 1.63. The Morgan fingerprint density at radius 2 is 1.90 bits per heavy atom. The van der Waals surface area contributed by atoms with Crippen molar-refractivity contribution in [3.8, 4) is 0 Å². The average Bonchev–Trinajstić information content (AvgIpc) is 2.39. The molecule has 1 aliphatic rings. The number of aliphatic carboxylic acids is 2. The zero-order valence-corrected chi connectivity index (χ0v) is 8.36. The number of hydrogen-bond donors (Lipinski definition) is 1. The van der Waals surface area contributed by atoms with Gasteiger partial charge >= 0.3 is 57.4 Å². The molecule has 1 rings (SSSR count). The van der Waals surface area contributed by atoms with E-state index in [0.29, 0.717) is 0 Å². The van der Waals surface area contributed by atoms with Gasteiger partial charge in [0.2, 0.25) is 0 Å². The first-order valence-electron chi connectivity index (χ1n) is 2.22. The summed E-state index contributed by atoms with van der Waals surface area (Å²) in [6, 6.07) is 0. The monoisotopic (exact) mass is 170 g/mol. The molecule has 1 fully saturated rings. The molecule has 1 N–H and O–H groups in total. The van der Waals surface area contributed by atoms with Gasteiger partial charge in [-0.05, 0) is 0 Å². The van der Waals surface area contributed by atoms with Gasteiger partial charge in [-0.2, -0.15) is 0 Å². The van der Waals surface area contributed by atoms with Crippen LogP contribution in [0.5, 0.6) is 0 Å². The third kappa shape index (κ3) is 2.29. The molecule has 6 heteroatoms. The number of carboxylic acid groups (broad SMARTS) is 2. The molecule has 0 saturated carbocycles. The van der Waals surface area contributed by atoms with E-state index >= 15 is 0 Å². The zero-order chi connectivity index (χ0) is 7.02. The maximum Gasteiger partial charge on any atom is 1.00 e. The van der Waals surface area contributed by atoms with Crippen LogP contribution in [0.4, 0.5) is 0 Å². The van der Waals surface area contributed by atoms with Gasteiger partial charge < -0.3 is 19.7 Å². The number of carbonyl (C=O) groups excluding carboxylic acids is 1. The van der Waals surface area contributed by atoms with E-state index in [4.69, 9.17) is 5.11 Å². The van der Waals surface area contributed by atoms with Crippen molar-refractivity contribution in [2.75, 3.05) is 0 Å². The molecule has 0 spiro atoms. The van der Waals surface area contributed by atoms with Crippen LogP contribution < -0.4 is 56.5 Å². The van der Waals surface area contributed by atoms with Crippen molar-refractivity contribution in [2.45, 2.75) is 12.2 Å². The number of carboxylic acids is 2. The van der Waals surface area contributed by atoms with Crippen LogP contribution in [0.15, 0.2) is 0 Å². The maximum absolute atomic E-state index is 9.86. The first-order chi connectivity index (χ1) is 4.13. The van der Waals surface area contributed by atoms with E-state index in [2.05, 4.69) is 4.74 Å². The van der Waals surface area contributed by atoms with Gasteiger partial charge in [-0.1, -0.05) is 0 Å². The van der Waals surface area contributed by atoms with Gasteiger partial charge in [-0.15, -0.1) is 0 Å². The van der Waals surface area contributed by atoms with Gasteiger partial charge in [0.1, 0.15) is 6.10 Å². The van der Waals surface area contributed by atoms with E-state index in [1.807, 2.05) is 0 Å². The summed E-state index contributed by atoms with van der Waals surface area (Å²) in [6.45, 7) is 0. The van der Waals surface area contributed by atoms with Crippen LogP contribution in [-0.2, 0) is 14.3 Å². The Balaban J connectivity index is 0.000000810. The quantitative estimate of drug-likeness (QED) is 0.330. The van der Waals surface area contributed by atoms with Crippen molar-refractivity contribution in [3.63, 3.8) is 0 Å².